The average molecular weight is 254 g/mol. The molecule has 4 nitrogen and oxygen atoms in total. The lowest BCUT2D eigenvalue weighted by Crippen LogP contribution is -2.49. The van der Waals surface area contributed by atoms with E-state index in [0.29, 0.717) is 11.8 Å². The third kappa shape index (κ3) is 2.41. The zero-order valence-corrected chi connectivity index (χ0v) is 11.8. The number of aliphatic hydroxyl groups is 1. The quantitative estimate of drug-likeness (QED) is 0.782. The summed E-state index contributed by atoms with van der Waals surface area (Å²) in [6, 6.07) is 0. The fourth-order valence-electron chi connectivity index (χ4n) is 3.33. The van der Waals surface area contributed by atoms with Crippen LogP contribution in [0.5, 0.6) is 0 Å². The van der Waals surface area contributed by atoms with Crippen molar-refractivity contribution in [1.82, 2.24) is 10.2 Å². The predicted molar refractivity (Wildman–Crippen MR) is 71.1 cm³/mol. The molecule has 4 heteroatoms. The first-order valence-electron chi connectivity index (χ1n) is 7.10. The van der Waals surface area contributed by atoms with E-state index in [1.165, 1.54) is 0 Å². The van der Waals surface area contributed by atoms with Crippen molar-refractivity contribution in [2.24, 2.45) is 17.3 Å². The molecular formula is C14H26N2O2. The van der Waals surface area contributed by atoms with E-state index < -0.39 is 0 Å². The van der Waals surface area contributed by atoms with Crippen molar-refractivity contribution in [3.05, 3.63) is 0 Å². The van der Waals surface area contributed by atoms with Crippen LogP contribution in [0.3, 0.4) is 0 Å². The highest BCUT2D eigenvalue weighted by molar-refractivity contribution is 5.83. The molecule has 1 saturated carbocycles. The first-order valence-corrected chi connectivity index (χ1v) is 7.10. The summed E-state index contributed by atoms with van der Waals surface area (Å²) in [5.74, 6) is 1.14. The molecule has 0 radical (unpaired) electrons. The van der Waals surface area contributed by atoms with E-state index in [1.807, 2.05) is 11.9 Å². The molecule has 2 aliphatic rings. The SMILES string of the molecule is CC(C)C1(C(=O)N(C)CC2CC(O)C2)CCNC1. The third-order valence-corrected chi connectivity index (χ3v) is 4.81. The van der Waals surface area contributed by atoms with Crippen LogP contribution in [0.15, 0.2) is 0 Å². The second kappa shape index (κ2) is 5.17. The lowest BCUT2D eigenvalue weighted by Gasteiger charge is -2.39. The van der Waals surface area contributed by atoms with Crippen molar-refractivity contribution in [2.45, 2.75) is 39.2 Å². The molecule has 1 amide bonds. The lowest BCUT2D eigenvalue weighted by molar-refractivity contribution is -0.144. The highest BCUT2D eigenvalue weighted by Gasteiger charge is 2.45. The standard InChI is InChI=1S/C14H26N2O2/c1-10(2)14(4-5-15-9-14)13(18)16(3)8-11-6-12(17)7-11/h10-12,15,17H,4-9H2,1-3H3. The van der Waals surface area contributed by atoms with Gasteiger partial charge in [0.2, 0.25) is 5.91 Å². The molecule has 0 aromatic carbocycles. The van der Waals surface area contributed by atoms with Gasteiger partial charge in [-0.25, -0.2) is 0 Å². The minimum Gasteiger partial charge on any atom is -0.393 e. The van der Waals surface area contributed by atoms with Crippen LogP contribution in [0.25, 0.3) is 0 Å². The highest BCUT2D eigenvalue weighted by Crippen LogP contribution is 2.37. The number of nitrogens with one attached hydrogen (secondary N) is 1. The zero-order chi connectivity index (χ0) is 13.3. The van der Waals surface area contributed by atoms with Gasteiger partial charge in [0.25, 0.3) is 0 Å². The molecular weight excluding hydrogens is 228 g/mol. The molecule has 1 saturated heterocycles. The number of hydrogen-bond acceptors (Lipinski definition) is 3. The van der Waals surface area contributed by atoms with Crippen LogP contribution in [-0.4, -0.2) is 48.7 Å². The van der Waals surface area contributed by atoms with Crippen molar-refractivity contribution in [3.8, 4) is 0 Å². The Morgan fingerprint density at radius 1 is 1.50 bits per heavy atom. The summed E-state index contributed by atoms with van der Waals surface area (Å²) in [4.78, 5) is 14.6. The fourth-order valence-corrected chi connectivity index (χ4v) is 3.33. The monoisotopic (exact) mass is 254 g/mol. The molecule has 0 aromatic heterocycles. The first-order chi connectivity index (χ1) is 8.45. The number of carbonyl (C=O) groups excluding carboxylic acids is 1. The second-order valence-electron chi connectivity index (χ2n) is 6.41. The number of hydrogen-bond donors (Lipinski definition) is 2. The van der Waals surface area contributed by atoms with Gasteiger partial charge in [-0.05, 0) is 37.6 Å². The Bertz CT molecular complexity index is 305. The van der Waals surface area contributed by atoms with Crippen LogP contribution >= 0.6 is 0 Å². The lowest BCUT2D eigenvalue weighted by atomic mass is 9.74. The summed E-state index contributed by atoms with van der Waals surface area (Å²) in [6.45, 7) is 6.84. The van der Waals surface area contributed by atoms with E-state index in [1.54, 1.807) is 0 Å². The van der Waals surface area contributed by atoms with Gasteiger partial charge in [0, 0.05) is 20.1 Å². The smallest absolute Gasteiger partial charge is 0.230 e. The number of carbonyl (C=O) groups is 1. The summed E-state index contributed by atoms with van der Waals surface area (Å²) in [5, 5.41) is 12.6. The maximum absolute atomic E-state index is 12.7. The zero-order valence-electron chi connectivity index (χ0n) is 11.8. The summed E-state index contributed by atoms with van der Waals surface area (Å²) in [6.07, 6.45) is 2.52. The van der Waals surface area contributed by atoms with E-state index in [-0.39, 0.29) is 17.4 Å². The second-order valence-corrected chi connectivity index (χ2v) is 6.41. The Morgan fingerprint density at radius 3 is 2.61 bits per heavy atom. The van der Waals surface area contributed by atoms with Gasteiger partial charge in [-0.2, -0.15) is 0 Å². The number of aliphatic hydroxyl groups excluding tert-OH is 1. The summed E-state index contributed by atoms with van der Waals surface area (Å²) < 4.78 is 0. The van der Waals surface area contributed by atoms with Crippen LogP contribution in [0, 0.1) is 17.3 Å². The molecule has 18 heavy (non-hydrogen) atoms. The fraction of sp³-hybridized carbons (Fsp3) is 0.929. The summed E-state index contributed by atoms with van der Waals surface area (Å²) in [5.41, 5.74) is -0.211. The molecule has 0 aromatic rings. The van der Waals surface area contributed by atoms with Crippen LogP contribution in [0.2, 0.25) is 0 Å². The van der Waals surface area contributed by atoms with Crippen molar-refractivity contribution in [1.29, 1.82) is 0 Å². The van der Waals surface area contributed by atoms with E-state index >= 15 is 0 Å². The minimum absolute atomic E-state index is 0.134. The maximum atomic E-state index is 12.7. The normalized spacial score (nSPS) is 35.6. The number of rotatable bonds is 4. The van der Waals surface area contributed by atoms with Gasteiger partial charge in [0.1, 0.15) is 0 Å². The van der Waals surface area contributed by atoms with E-state index in [2.05, 4.69) is 19.2 Å². The summed E-state index contributed by atoms with van der Waals surface area (Å²) >= 11 is 0. The molecule has 2 N–H and O–H groups in total. The molecule has 1 unspecified atom stereocenters. The Balaban J connectivity index is 1.96. The van der Waals surface area contributed by atoms with E-state index in [0.717, 1.165) is 38.9 Å². The Kier molecular flexibility index (Phi) is 3.97. The number of nitrogens with zero attached hydrogens (tertiary/aromatic N) is 1. The van der Waals surface area contributed by atoms with Crippen LogP contribution in [-0.2, 0) is 4.79 Å². The molecule has 0 bridgehead atoms. The molecule has 1 atom stereocenters. The van der Waals surface area contributed by atoms with Crippen LogP contribution in [0.1, 0.15) is 33.1 Å². The van der Waals surface area contributed by atoms with Crippen molar-refractivity contribution in [3.63, 3.8) is 0 Å². The van der Waals surface area contributed by atoms with Gasteiger partial charge in [-0.3, -0.25) is 4.79 Å². The molecule has 1 aliphatic carbocycles. The van der Waals surface area contributed by atoms with Gasteiger partial charge < -0.3 is 15.3 Å². The van der Waals surface area contributed by atoms with Gasteiger partial charge in [-0.1, -0.05) is 13.8 Å². The Labute approximate surface area is 110 Å². The highest BCUT2D eigenvalue weighted by atomic mass is 16.3. The van der Waals surface area contributed by atoms with Crippen LogP contribution in [0.4, 0.5) is 0 Å². The number of amides is 1. The van der Waals surface area contributed by atoms with Gasteiger partial charge >= 0.3 is 0 Å². The van der Waals surface area contributed by atoms with Gasteiger partial charge in [0.15, 0.2) is 0 Å². The minimum atomic E-state index is -0.211. The largest absolute Gasteiger partial charge is 0.393 e. The molecule has 104 valence electrons. The molecule has 1 aliphatic heterocycles. The van der Waals surface area contributed by atoms with Crippen LogP contribution < -0.4 is 5.32 Å². The third-order valence-electron chi connectivity index (χ3n) is 4.81. The topological polar surface area (TPSA) is 52.6 Å². The molecule has 2 fully saturated rings. The predicted octanol–water partition coefficient (Wildman–Crippen LogP) is 0.851. The first kappa shape index (κ1) is 13.8. The average Bonchev–Trinajstić information content (AvgIpc) is 2.76. The van der Waals surface area contributed by atoms with Crippen molar-refractivity contribution < 1.29 is 9.90 Å². The van der Waals surface area contributed by atoms with Crippen molar-refractivity contribution in [2.75, 3.05) is 26.7 Å². The summed E-state index contributed by atoms with van der Waals surface area (Å²) in [7, 11) is 1.91. The van der Waals surface area contributed by atoms with E-state index in [4.69, 9.17) is 0 Å². The van der Waals surface area contributed by atoms with Gasteiger partial charge in [-0.15, -0.1) is 0 Å². The van der Waals surface area contributed by atoms with Gasteiger partial charge in [0.05, 0.1) is 11.5 Å². The van der Waals surface area contributed by atoms with Crippen molar-refractivity contribution >= 4 is 5.91 Å². The molecule has 2 rings (SSSR count). The molecule has 0 spiro atoms. The molecule has 1 heterocycles. The Hall–Kier alpha value is -0.610. The van der Waals surface area contributed by atoms with E-state index in [9.17, 15) is 9.90 Å². The Morgan fingerprint density at radius 2 is 2.17 bits per heavy atom. The maximum Gasteiger partial charge on any atom is 0.230 e.